The number of para-hydroxylation sites is 1. The van der Waals surface area contributed by atoms with E-state index in [9.17, 15) is 0 Å². The van der Waals surface area contributed by atoms with Gasteiger partial charge in [-0.25, -0.2) is 0 Å². The van der Waals surface area contributed by atoms with E-state index in [1.165, 1.54) is 16.7 Å². The Labute approximate surface area is 89.1 Å². The third-order valence-electron chi connectivity index (χ3n) is 2.61. The van der Waals surface area contributed by atoms with Crippen molar-refractivity contribution in [3.8, 4) is 11.1 Å². The molecule has 0 unspecified atom stereocenters. The zero-order chi connectivity index (χ0) is 10.1. The average molecular weight is 192 g/mol. The maximum Gasteiger partial charge on any atom is 0.0630 e. The predicted molar refractivity (Wildman–Crippen MR) is 63.2 cm³/mol. The normalized spacial score (nSPS) is 12.3. The Hall–Kier alpha value is -2.02. The van der Waals surface area contributed by atoms with Gasteiger partial charge in [0.05, 0.1) is 6.20 Å². The van der Waals surface area contributed by atoms with E-state index in [0.29, 0.717) is 0 Å². The van der Waals surface area contributed by atoms with Crippen LogP contribution in [0.15, 0.2) is 48.5 Å². The molecule has 1 radical (unpaired) electrons. The molecule has 2 aromatic rings. The van der Waals surface area contributed by atoms with Gasteiger partial charge in [0.15, 0.2) is 0 Å². The molecule has 0 saturated carbocycles. The number of fused-ring (bicyclic) bond motifs is 3. The van der Waals surface area contributed by atoms with Crippen LogP contribution in [0.5, 0.6) is 0 Å². The first-order valence-electron chi connectivity index (χ1n) is 4.98. The van der Waals surface area contributed by atoms with Gasteiger partial charge in [-0.15, -0.1) is 0 Å². The lowest BCUT2D eigenvalue weighted by Crippen LogP contribution is -1.88. The number of nitrogens with one attached hydrogen (secondary N) is 1. The summed E-state index contributed by atoms with van der Waals surface area (Å²) in [6, 6.07) is 16.6. The van der Waals surface area contributed by atoms with Crippen LogP contribution in [0.2, 0.25) is 0 Å². The van der Waals surface area contributed by atoms with E-state index in [1.807, 2.05) is 18.2 Å². The van der Waals surface area contributed by atoms with Gasteiger partial charge in [-0.1, -0.05) is 42.5 Å². The molecule has 1 N–H and O–H groups in total. The molecule has 1 heteroatoms. The fraction of sp³-hybridized carbons (Fsp3) is 0. The lowest BCUT2D eigenvalue weighted by atomic mass is 9.99. The van der Waals surface area contributed by atoms with Gasteiger partial charge >= 0.3 is 0 Å². The average Bonchev–Trinajstić information content (AvgIpc) is 2.48. The zero-order valence-corrected chi connectivity index (χ0v) is 8.20. The number of rotatable bonds is 0. The summed E-state index contributed by atoms with van der Waals surface area (Å²) >= 11 is 0. The van der Waals surface area contributed by atoms with Crippen molar-refractivity contribution in [2.75, 3.05) is 5.32 Å². The molecule has 1 heterocycles. The fourth-order valence-corrected chi connectivity index (χ4v) is 1.89. The summed E-state index contributed by atoms with van der Waals surface area (Å²) in [5.74, 6) is 0. The Morgan fingerprint density at radius 1 is 0.800 bits per heavy atom. The van der Waals surface area contributed by atoms with E-state index in [2.05, 4.69) is 47.9 Å². The second-order valence-corrected chi connectivity index (χ2v) is 3.55. The third kappa shape index (κ3) is 1.33. The summed E-state index contributed by atoms with van der Waals surface area (Å²) in [7, 11) is 0. The van der Waals surface area contributed by atoms with E-state index in [4.69, 9.17) is 0 Å². The molecule has 1 nitrogen and oxygen atoms in total. The first-order valence-corrected chi connectivity index (χ1v) is 4.98. The third-order valence-corrected chi connectivity index (χ3v) is 2.61. The summed E-state index contributed by atoms with van der Waals surface area (Å²) < 4.78 is 0. The number of hydrogen-bond donors (Lipinski definition) is 1. The van der Waals surface area contributed by atoms with E-state index in [-0.39, 0.29) is 0 Å². The Kier molecular flexibility index (Phi) is 1.82. The Morgan fingerprint density at radius 2 is 1.53 bits per heavy atom. The lowest BCUT2D eigenvalue weighted by Gasteiger charge is -2.08. The van der Waals surface area contributed by atoms with Crippen molar-refractivity contribution in [2.45, 2.75) is 0 Å². The second kappa shape index (κ2) is 3.28. The minimum absolute atomic E-state index is 1.11. The van der Waals surface area contributed by atoms with Gasteiger partial charge in [-0.2, -0.15) is 0 Å². The van der Waals surface area contributed by atoms with E-state index >= 15 is 0 Å². The van der Waals surface area contributed by atoms with Crippen LogP contribution in [-0.4, -0.2) is 0 Å². The molecule has 0 atom stereocenters. The van der Waals surface area contributed by atoms with Gasteiger partial charge in [0, 0.05) is 11.3 Å². The first-order chi connectivity index (χ1) is 7.45. The van der Waals surface area contributed by atoms with Crippen LogP contribution in [0.25, 0.3) is 17.2 Å². The van der Waals surface area contributed by atoms with Crippen molar-refractivity contribution in [3.63, 3.8) is 0 Å². The van der Waals surface area contributed by atoms with Crippen molar-refractivity contribution >= 4 is 11.8 Å². The molecule has 0 saturated heterocycles. The quantitative estimate of drug-likeness (QED) is 0.673. The van der Waals surface area contributed by atoms with E-state index in [0.717, 1.165) is 5.69 Å². The van der Waals surface area contributed by atoms with Gasteiger partial charge in [-0.3, -0.25) is 0 Å². The molecule has 3 rings (SSSR count). The molecular formula is C14H10N. The molecular weight excluding hydrogens is 182 g/mol. The van der Waals surface area contributed by atoms with Crippen molar-refractivity contribution in [2.24, 2.45) is 0 Å². The van der Waals surface area contributed by atoms with Crippen LogP contribution < -0.4 is 5.32 Å². The summed E-state index contributed by atoms with van der Waals surface area (Å²) in [6.07, 6.45) is 5.07. The SMILES string of the molecule is [C]1=Cc2ccccc2-c2ccccc2N1. The number of benzene rings is 2. The van der Waals surface area contributed by atoms with Crippen LogP contribution in [0.4, 0.5) is 5.69 Å². The zero-order valence-electron chi connectivity index (χ0n) is 8.20. The molecule has 0 aliphatic carbocycles. The van der Waals surface area contributed by atoms with Gasteiger partial charge in [0.1, 0.15) is 0 Å². The summed E-state index contributed by atoms with van der Waals surface area (Å²) in [4.78, 5) is 0. The maximum atomic E-state index is 3.17. The highest BCUT2D eigenvalue weighted by molar-refractivity contribution is 5.86. The molecule has 0 bridgehead atoms. The molecule has 0 aromatic heterocycles. The molecule has 15 heavy (non-hydrogen) atoms. The minimum atomic E-state index is 1.11. The lowest BCUT2D eigenvalue weighted by molar-refractivity contribution is 1.56. The van der Waals surface area contributed by atoms with Crippen molar-refractivity contribution in [1.82, 2.24) is 0 Å². The standard InChI is InChI=1S/C14H10N/c1-2-6-12-11(5-1)9-10-15-14-8-4-3-7-13(12)14/h1-9,15H. The Balaban J connectivity index is 2.33. The second-order valence-electron chi connectivity index (χ2n) is 3.55. The topological polar surface area (TPSA) is 12.0 Å². The predicted octanol–water partition coefficient (Wildman–Crippen LogP) is 3.55. The molecule has 71 valence electrons. The monoisotopic (exact) mass is 192 g/mol. The minimum Gasteiger partial charge on any atom is -0.353 e. The summed E-state index contributed by atoms with van der Waals surface area (Å²) in [5, 5.41) is 3.17. The number of anilines is 1. The largest absolute Gasteiger partial charge is 0.353 e. The molecule has 1 aliphatic heterocycles. The molecule has 0 spiro atoms. The van der Waals surface area contributed by atoms with Crippen LogP contribution in [0, 0.1) is 6.20 Å². The van der Waals surface area contributed by atoms with Crippen LogP contribution in [0.3, 0.4) is 0 Å². The fourth-order valence-electron chi connectivity index (χ4n) is 1.89. The first kappa shape index (κ1) is 8.30. The van der Waals surface area contributed by atoms with Crippen LogP contribution in [0.1, 0.15) is 5.56 Å². The molecule has 0 amide bonds. The number of hydrogen-bond acceptors (Lipinski definition) is 1. The van der Waals surface area contributed by atoms with Gasteiger partial charge in [0.2, 0.25) is 0 Å². The molecule has 2 aromatic carbocycles. The van der Waals surface area contributed by atoms with Gasteiger partial charge < -0.3 is 5.32 Å². The summed E-state index contributed by atoms with van der Waals surface area (Å²) in [5.41, 5.74) is 4.80. The van der Waals surface area contributed by atoms with Gasteiger partial charge in [0.25, 0.3) is 0 Å². The van der Waals surface area contributed by atoms with Crippen molar-refractivity contribution in [3.05, 3.63) is 60.3 Å². The Morgan fingerprint density at radius 3 is 2.47 bits per heavy atom. The summed E-state index contributed by atoms with van der Waals surface area (Å²) in [6.45, 7) is 0. The van der Waals surface area contributed by atoms with E-state index < -0.39 is 0 Å². The van der Waals surface area contributed by atoms with Crippen molar-refractivity contribution < 1.29 is 0 Å². The van der Waals surface area contributed by atoms with Crippen LogP contribution >= 0.6 is 0 Å². The molecule has 0 fully saturated rings. The highest BCUT2D eigenvalue weighted by Crippen LogP contribution is 2.32. The van der Waals surface area contributed by atoms with E-state index in [1.54, 1.807) is 0 Å². The maximum absolute atomic E-state index is 3.17. The smallest absolute Gasteiger partial charge is 0.0630 e. The highest BCUT2D eigenvalue weighted by atomic mass is 14.8. The van der Waals surface area contributed by atoms with Crippen LogP contribution in [-0.2, 0) is 0 Å². The van der Waals surface area contributed by atoms with Crippen molar-refractivity contribution in [1.29, 1.82) is 0 Å². The molecule has 1 aliphatic rings. The Bertz CT molecular complexity index is 526. The highest BCUT2D eigenvalue weighted by Gasteiger charge is 2.08. The van der Waals surface area contributed by atoms with Gasteiger partial charge in [-0.05, 0) is 23.3 Å².